The minimum Gasteiger partial charge on any atom is -0.494 e. The number of hydrogen-bond donors (Lipinski definition) is 1. The molecule has 3 heterocycles. The highest BCUT2D eigenvalue weighted by atomic mass is 32.1. The summed E-state index contributed by atoms with van der Waals surface area (Å²) in [6.07, 6.45) is 3.72. The van der Waals surface area contributed by atoms with Gasteiger partial charge < -0.3 is 14.6 Å². The Morgan fingerprint density at radius 1 is 1.09 bits per heavy atom. The first-order chi connectivity index (χ1) is 16.6. The molecule has 182 valence electrons. The van der Waals surface area contributed by atoms with Gasteiger partial charge >= 0.3 is 5.97 Å². The van der Waals surface area contributed by atoms with Crippen molar-refractivity contribution >= 4 is 28.6 Å². The van der Waals surface area contributed by atoms with Gasteiger partial charge in [0.05, 0.1) is 16.4 Å². The number of hydrogen-bond acceptors (Lipinski definition) is 7. The molecule has 2 aromatic heterocycles. The Morgan fingerprint density at radius 3 is 2.41 bits per heavy atom. The second-order valence-electron chi connectivity index (χ2n) is 8.76. The number of para-hydroxylation sites is 1. The van der Waals surface area contributed by atoms with Gasteiger partial charge in [-0.2, -0.15) is 0 Å². The van der Waals surface area contributed by atoms with E-state index < -0.39 is 11.6 Å². The maximum atomic E-state index is 13.5. The van der Waals surface area contributed by atoms with Crippen molar-refractivity contribution in [3.05, 3.63) is 75.1 Å². The van der Waals surface area contributed by atoms with Gasteiger partial charge in [0.1, 0.15) is 11.9 Å². The summed E-state index contributed by atoms with van der Waals surface area (Å²) in [5.41, 5.74) is -1.76. The van der Waals surface area contributed by atoms with Gasteiger partial charge in [-0.25, -0.2) is 4.79 Å². The van der Waals surface area contributed by atoms with Crippen LogP contribution in [0.3, 0.4) is 0 Å². The summed E-state index contributed by atoms with van der Waals surface area (Å²) in [5.74, 6) is 0.622. The van der Waals surface area contributed by atoms with Gasteiger partial charge in [-0.15, -0.1) is 22.7 Å². The van der Waals surface area contributed by atoms with E-state index in [-0.39, 0.29) is 6.10 Å². The molecule has 7 heteroatoms. The summed E-state index contributed by atoms with van der Waals surface area (Å²) in [6.45, 7) is 5.39. The van der Waals surface area contributed by atoms with E-state index >= 15 is 0 Å². The summed E-state index contributed by atoms with van der Waals surface area (Å²) in [5, 5.41) is 15.4. The predicted octanol–water partition coefficient (Wildman–Crippen LogP) is 5.55. The number of rotatable bonds is 11. The molecular weight excluding hydrogens is 466 g/mol. The third-order valence-electron chi connectivity index (χ3n) is 6.38. The number of likely N-dealkylation sites (tertiary alicyclic amines) is 1. The molecule has 34 heavy (non-hydrogen) atoms. The van der Waals surface area contributed by atoms with Crippen LogP contribution in [0, 0.1) is 5.92 Å². The van der Waals surface area contributed by atoms with Gasteiger partial charge in [0.25, 0.3) is 0 Å². The SMILES string of the molecule is CCCC1CCN(CCCOc2ccccc2)C[C@@H]1OC(=O)C(O)(c1cccs1)c1cccs1. The summed E-state index contributed by atoms with van der Waals surface area (Å²) in [4.78, 5) is 17.1. The second-order valence-corrected chi connectivity index (χ2v) is 10.7. The van der Waals surface area contributed by atoms with Crippen molar-refractivity contribution in [2.45, 2.75) is 44.3 Å². The third kappa shape index (κ3) is 5.89. The van der Waals surface area contributed by atoms with E-state index in [0.717, 1.165) is 44.5 Å². The molecule has 0 saturated carbocycles. The zero-order chi connectivity index (χ0) is 23.8. The quantitative estimate of drug-likeness (QED) is 0.277. The van der Waals surface area contributed by atoms with Crippen LogP contribution in [-0.2, 0) is 15.1 Å². The van der Waals surface area contributed by atoms with E-state index in [4.69, 9.17) is 9.47 Å². The van der Waals surface area contributed by atoms with Crippen LogP contribution in [0.4, 0.5) is 0 Å². The standard InChI is InChI=1S/C27H33NO4S2/c1-2-9-21-14-16-28(15-8-17-31-22-10-4-3-5-11-22)20-23(21)32-26(29)27(30,24-12-6-18-33-24)25-13-7-19-34-25/h3-7,10-13,18-19,21,23,30H,2,8-9,14-17,20H2,1H3/t21?,23-/m0/s1. The Labute approximate surface area is 210 Å². The Bertz CT molecular complexity index is 957. The fourth-order valence-corrected chi connectivity index (χ4v) is 6.29. The first-order valence-electron chi connectivity index (χ1n) is 12.0. The van der Waals surface area contributed by atoms with Crippen molar-refractivity contribution in [2.75, 3.05) is 26.2 Å². The van der Waals surface area contributed by atoms with E-state index in [1.165, 1.54) is 22.7 Å². The lowest BCUT2D eigenvalue weighted by atomic mass is 9.89. The van der Waals surface area contributed by atoms with Crippen LogP contribution >= 0.6 is 22.7 Å². The molecule has 2 atom stereocenters. The molecule has 0 radical (unpaired) electrons. The van der Waals surface area contributed by atoms with Crippen LogP contribution in [0.15, 0.2) is 65.4 Å². The largest absolute Gasteiger partial charge is 0.494 e. The molecule has 1 aliphatic heterocycles. The second kappa shape index (κ2) is 12.0. The van der Waals surface area contributed by atoms with Gasteiger partial charge in [-0.05, 0) is 66.8 Å². The summed E-state index contributed by atoms with van der Waals surface area (Å²) < 4.78 is 12.0. The van der Waals surface area contributed by atoms with Crippen LogP contribution in [-0.4, -0.2) is 48.3 Å². The molecule has 0 bridgehead atoms. The van der Waals surface area contributed by atoms with Crippen LogP contribution in [0.5, 0.6) is 5.75 Å². The normalized spacial score (nSPS) is 19.1. The maximum absolute atomic E-state index is 13.5. The zero-order valence-electron chi connectivity index (χ0n) is 19.6. The molecule has 3 aromatic rings. The smallest absolute Gasteiger partial charge is 0.349 e. The van der Waals surface area contributed by atoms with Crippen LogP contribution in [0.2, 0.25) is 0 Å². The van der Waals surface area contributed by atoms with E-state index in [9.17, 15) is 9.90 Å². The van der Waals surface area contributed by atoms with Crippen molar-refractivity contribution in [2.24, 2.45) is 5.92 Å². The summed E-state index contributed by atoms with van der Waals surface area (Å²) in [6, 6.07) is 17.2. The van der Waals surface area contributed by atoms with E-state index in [1.54, 1.807) is 12.1 Å². The fourth-order valence-electron chi connectivity index (χ4n) is 4.58. The molecule has 0 spiro atoms. The molecule has 1 saturated heterocycles. The molecule has 0 aliphatic carbocycles. The summed E-state index contributed by atoms with van der Waals surface area (Å²) in [7, 11) is 0. The number of carbonyl (C=O) groups excluding carboxylic acids is 1. The number of ether oxygens (including phenoxy) is 2. The molecule has 1 aliphatic rings. The van der Waals surface area contributed by atoms with Crippen molar-refractivity contribution in [1.82, 2.24) is 4.90 Å². The number of benzene rings is 1. The molecule has 4 rings (SSSR count). The molecule has 1 aromatic carbocycles. The Morgan fingerprint density at radius 2 is 1.79 bits per heavy atom. The zero-order valence-corrected chi connectivity index (χ0v) is 21.2. The Kier molecular flexibility index (Phi) is 8.78. The molecular formula is C27H33NO4S2. The van der Waals surface area contributed by atoms with Gasteiger partial charge in [0.2, 0.25) is 5.60 Å². The number of aliphatic hydroxyl groups is 1. The van der Waals surface area contributed by atoms with Gasteiger partial charge in [-0.1, -0.05) is 43.7 Å². The number of piperidine rings is 1. The lowest BCUT2D eigenvalue weighted by Gasteiger charge is -2.39. The molecule has 1 unspecified atom stereocenters. The summed E-state index contributed by atoms with van der Waals surface area (Å²) >= 11 is 2.75. The number of carbonyl (C=O) groups is 1. The van der Waals surface area contributed by atoms with Crippen LogP contribution < -0.4 is 4.74 Å². The van der Waals surface area contributed by atoms with Crippen molar-refractivity contribution in [3.63, 3.8) is 0 Å². The van der Waals surface area contributed by atoms with E-state index in [1.807, 2.05) is 53.2 Å². The maximum Gasteiger partial charge on any atom is 0.349 e. The fraction of sp³-hybridized carbons (Fsp3) is 0.444. The van der Waals surface area contributed by atoms with Gasteiger partial charge in [0, 0.05) is 13.1 Å². The first kappa shape index (κ1) is 24.9. The first-order valence-corrected chi connectivity index (χ1v) is 13.8. The highest BCUT2D eigenvalue weighted by Crippen LogP contribution is 2.38. The number of esters is 1. The minimum atomic E-state index is -1.76. The number of nitrogens with zero attached hydrogens (tertiary/aromatic N) is 1. The van der Waals surface area contributed by atoms with Gasteiger partial charge in [0.15, 0.2) is 0 Å². The van der Waals surface area contributed by atoms with E-state index in [0.29, 0.717) is 28.8 Å². The molecule has 0 amide bonds. The highest BCUT2D eigenvalue weighted by Gasteiger charge is 2.46. The topological polar surface area (TPSA) is 59.0 Å². The Hall–Kier alpha value is -2.19. The van der Waals surface area contributed by atoms with Crippen LogP contribution in [0.1, 0.15) is 42.4 Å². The predicted molar refractivity (Wildman–Crippen MR) is 138 cm³/mol. The average Bonchev–Trinajstić information content (AvgIpc) is 3.59. The van der Waals surface area contributed by atoms with Crippen molar-refractivity contribution in [1.29, 1.82) is 0 Å². The van der Waals surface area contributed by atoms with Crippen molar-refractivity contribution < 1.29 is 19.4 Å². The van der Waals surface area contributed by atoms with Gasteiger partial charge in [-0.3, -0.25) is 4.90 Å². The molecule has 5 nitrogen and oxygen atoms in total. The lowest BCUT2D eigenvalue weighted by Crippen LogP contribution is -2.49. The molecule has 1 fully saturated rings. The monoisotopic (exact) mass is 499 g/mol. The average molecular weight is 500 g/mol. The lowest BCUT2D eigenvalue weighted by molar-refractivity contribution is -0.173. The minimum absolute atomic E-state index is 0.234. The molecule has 1 N–H and O–H groups in total. The van der Waals surface area contributed by atoms with E-state index in [2.05, 4.69) is 11.8 Å². The van der Waals surface area contributed by atoms with Crippen LogP contribution in [0.25, 0.3) is 0 Å². The van der Waals surface area contributed by atoms with Crippen molar-refractivity contribution in [3.8, 4) is 5.75 Å². The number of thiophene rings is 2. The Balaban J connectivity index is 1.39. The highest BCUT2D eigenvalue weighted by molar-refractivity contribution is 7.12. The third-order valence-corrected chi connectivity index (χ3v) is 8.34.